The molecule has 9 atom stereocenters. The monoisotopic (exact) mass is 468 g/mol. The normalized spacial score (nSPS) is 51.6. The van der Waals surface area contributed by atoms with Gasteiger partial charge in [-0.3, -0.25) is 4.79 Å². The number of rotatable bonds is 2. The third-order valence-corrected chi connectivity index (χ3v) is 13.5. The Morgan fingerprint density at radius 1 is 0.882 bits per heavy atom. The highest BCUT2D eigenvalue weighted by Gasteiger charge is 2.68. The molecular formula is C32H52O2. The highest BCUT2D eigenvalue weighted by Crippen LogP contribution is 2.76. The smallest absolute Gasteiger partial charge is 0.302 e. The van der Waals surface area contributed by atoms with Gasteiger partial charge in [0.05, 0.1) is 0 Å². The number of hydrogen-bond acceptors (Lipinski definition) is 2. The summed E-state index contributed by atoms with van der Waals surface area (Å²) in [5.41, 5.74) is 3.46. The van der Waals surface area contributed by atoms with Gasteiger partial charge in [-0.05, 0) is 109 Å². The number of carbonyl (C=O) groups is 1. The Labute approximate surface area is 210 Å². The number of carbonyl (C=O) groups excluding carboxylic acids is 1. The summed E-state index contributed by atoms with van der Waals surface area (Å²) in [5.74, 6) is 3.79. The van der Waals surface area contributed by atoms with Gasteiger partial charge in [-0.25, -0.2) is 0 Å². The quantitative estimate of drug-likeness (QED) is 0.299. The zero-order valence-electron chi connectivity index (χ0n) is 23.7. The van der Waals surface area contributed by atoms with Gasteiger partial charge in [0, 0.05) is 12.3 Å². The number of ether oxygens (including phenoxy) is 1. The van der Waals surface area contributed by atoms with Gasteiger partial charge in [0.25, 0.3) is 0 Å². The van der Waals surface area contributed by atoms with Crippen molar-refractivity contribution in [3.8, 4) is 0 Å². The van der Waals surface area contributed by atoms with Crippen LogP contribution in [-0.4, -0.2) is 12.1 Å². The third kappa shape index (κ3) is 3.01. The number of fused-ring (bicyclic) bond motifs is 7. The lowest BCUT2D eigenvalue weighted by atomic mass is 9.35. The Kier molecular flexibility index (Phi) is 5.57. The number of allylic oxidation sites excluding steroid dienone is 2. The summed E-state index contributed by atoms with van der Waals surface area (Å²) >= 11 is 0. The van der Waals surface area contributed by atoms with Crippen LogP contribution in [0.3, 0.4) is 0 Å². The fourth-order valence-corrected chi connectivity index (χ4v) is 11.6. The van der Waals surface area contributed by atoms with Gasteiger partial charge in [0.2, 0.25) is 0 Å². The average Bonchev–Trinajstić information content (AvgIpc) is 3.10. The van der Waals surface area contributed by atoms with Crippen molar-refractivity contribution in [2.45, 2.75) is 126 Å². The second-order valence-electron chi connectivity index (χ2n) is 15.2. The number of hydrogen-bond donors (Lipinski definition) is 0. The number of esters is 1. The van der Waals surface area contributed by atoms with Gasteiger partial charge in [0.15, 0.2) is 0 Å². The summed E-state index contributed by atoms with van der Waals surface area (Å²) in [5, 5.41) is 0. The molecule has 0 aromatic rings. The molecular weight excluding hydrogens is 416 g/mol. The molecule has 0 radical (unpaired) electrons. The van der Waals surface area contributed by atoms with Crippen LogP contribution in [0, 0.1) is 56.7 Å². The average molecular weight is 469 g/mol. The van der Waals surface area contributed by atoms with Crippen LogP contribution >= 0.6 is 0 Å². The lowest BCUT2D eigenvalue weighted by Crippen LogP contribution is -2.62. The fourth-order valence-electron chi connectivity index (χ4n) is 11.6. The SMILES string of the molecule is CC(=O)O[C@H]1CC[C@]2(C)C3=CC[C@@]4(C)[C@@H]5CC[C@H](C(C)C)[C@@]5(C)CC[C@]4(C)[C@@H]3CC[C@@H]2C1(C)C. The Morgan fingerprint density at radius 3 is 2.21 bits per heavy atom. The second-order valence-corrected chi connectivity index (χ2v) is 15.2. The molecule has 5 rings (SSSR count). The molecule has 2 heteroatoms. The molecule has 0 aromatic heterocycles. The van der Waals surface area contributed by atoms with E-state index in [9.17, 15) is 4.79 Å². The summed E-state index contributed by atoms with van der Waals surface area (Å²) < 4.78 is 5.89. The van der Waals surface area contributed by atoms with Crippen LogP contribution in [0.15, 0.2) is 11.6 Å². The predicted octanol–water partition coefficient (Wildman–Crippen LogP) is 8.60. The largest absolute Gasteiger partial charge is 0.462 e. The molecule has 192 valence electrons. The lowest BCUT2D eigenvalue weighted by molar-refractivity contribution is -0.179. The van der Waals surface area contributed by atoms with Gasteiger partial charge in [-0.15, -0.1) is 0 Å². The second kappa shape index (κ2) is 7.61. The zero-order chi connectivity index (χ0) is 24.9. The van der Waals surface area contributed by atoms with Crippen LogP contribution in [0.4, 0.5) is 0 Å². The van der Waals surface area contributed by atoms with E-state index in [1.54, 1.807) is 12.5 Å². The van der Waals surface area contributed by atoms with E-state index < -0.39 is 0 Å². The molecule has 5 aliphatic rings. The zero-order valence-corrected chi connectivity index (χ0v) is 23.7. The molecule has 2 nitrogen and oxygen atoms in total. The maximum Gasteiger partial charge on any atom is 0.302 e. The Hall–Kier alpha value is -0.790. The molecule has 0 N–H and O–H groups in total. The Morgan fingerprint density at radius 2 is 1.56 bits per heavy atom. The summed E-state index contributed by atoms with van der Waals surface area (Å²) in [6.45, 7) is 22.0. The van der Waals surface area contributed by atoms with E-state index in [4.69, 9.17) is 4.74 Å². The fraction of sp³-hybridized carbons (Fsp3) is 0.906. The predicted molar refractivity (Wildman–Crippen MR) is 140 cm³/mol. The van der Waals surface area contributed by atoms with Gasteiger partial charge < -0.3 is 4.74 Å². The third-order valence-electron chi connectivity index (χ3n) is 13.5. The summed E-state index contributed by atoms with van der Waals surface area (Å²) in [6, 6.07) is 0. The van der Waals surface area contributed by atoms with Crippen LogP contribution in [0.5, 0.6) is 0 Å². The van der Waals surface area contributed by atoms with Crippen LogP contribution in [0.25, 0.3) is 0 Å². The van der Waals surface area contributed by atoms with Crippen LogP contribution in [0.2, 0.25) is 0 Å². The standard InChI is InChI=1S/C32H52O2/c1-20(2)22-10-13-26-30(22,7)18-19-31(8)24-11-12-25-28(4,5)27(34-21(3)33)15-16-29(25,6)23(24)14-17-32(26,31)9/h14,20,22,24-27H,10-13,15-19H2,1-9H3/t22-,24-,25-,26-,27+,29-,30-,31-,32+/m1/s1. The summed E-state index contributed by atoms with van der Waals surface area (Å²) in [4.78, 5) is 11.9. The highest BCUT2D eigenvalue weighted by atomic mass is 16.5. The Balaban J connectivity index is 1.51. The molecule has 34 heavy (non-hydrogen) atoms. The van der Waals surface area contributed by atoms with E-state index in [-0.39, 0.29) is 22.9 Å². The Bertz CT molecular complexity index is 883. The van der Waals surface area contributed by atoms with Crippen molar-refractivity contribution in [2.75, 3.05) is 0 Å². The first-order valence-corrected chi connectivity index (χ1v) is 14.6. The van der Waals surface area contributed by atoms with Crippen LogP contribution in [-0.2, 0) is 9.53 Å². The molecule has 0 spiro atoms. The first-order chi connectivity index (χ1) is 15.7. The van der Waals surface area contributed by atoms with Crippen molar-refractivity contribution < 1.29 is 9.53 Å². The van der Waals surface area contributed by atoms with E-state index in [0.717, 1.165) is 30.1 Å². The highest BCUT2D eigenvalue weighted by molar-refractivity contribution is 5.66. The van der Waals surface area contributed by atoms with Crippen LogP contribution in [0.1, 0.15) is 120 Å². The van der Waals surface area contributed by atoms with Gasteiger partial charge in [-0.1, -0.05) is 67.0 Å². The lowest BCUT2D eigenvalue weighted by Gasteiger charge is -2.69. The molecule has 4 saturated carbocycles. The summed E-state index contributed by atoms with van der Waals surface area (Å²) in [6.07, 6.45) is 14.6. The van der Waals surface area contributed by atoms with Gasteiger partial charge in [-0.2, -0.15) is 0 Å². The van der Waals surface area contributed by atoms with Crippen molar-refractivity contribution in [3.05, 3.63) is 11.6 Å². The molecule has 0 heterocycles. The van der Waals surface area contributed by atoms with Crippen molar-refractivity contribution in [1.29, 1.82) is 0 Å². The molecule has 0 unspecified atom stereocenters. The van der Waals surface area contributed by atoms with Crippen molar-refractivity contribution in [1.82, 2.24) is 0 Å². The topological polar surface area (TPSA) is 26.3 Å². The molecule has 0 aliphatic heterocycles. The maximum atomic E-state index is 11.9. The molecule has 0 aromatic carbocycles. The van der Waals surface area contributed by atoms with E-state index in [1.165, 1.54) is 51.4 Å². The van der Waals surface area contributed by atoms with Gasteiger partial charge >= 0.3 is 5.97 Å². The van der Waals surface area contributed by atoms with E-state index in [1.807, 2.05) is 0 Å². The first kappa shape index (κ1) is 24.9. The maximum absolute atomic E-state index is 11.9. The van der Waals surface area contributed by atoms with Crippen LogP contribution < -0.4 is 0 Å². The summed E-state index contributed by atoms with van der Waals surface area (Å²) in [7, 11) is 0. The minimum atomic E-state index is -0.114. The van der Waals surface area contributed by atoms with Crippen molar-refractivity contribution in [2.24, 2.45) is 56.7 Å². The molecule has 0 amide bonds. The van der Waals surface area contributed by atoms with Crippen molar-refractivity contribution in [3.63, 3.8) is 0 Å². The van der Waals surface area contributed by atoms with Gasteiger partial charge in [0.1, 0.15) is 6.10 Å². The van der Waals surface area contributed by atoms with E-state index in [2.05, 4.69) is 61.5 Å². The minimum absolute atomic E-state index is 0.0349. The first-order valence-electron chi connectivity index (χ1n) is 14.6. The molecule has 4 fully saturated rings. The molecule has 0 bridgehead atoms. The van der Waals surface area contributed by atoms with E-state index in [0.29, 0.717) is 22.2 Å². The van der Waals surface area contributed by atoms with Crippen molar-refractivity contribution >= 4 is 5.97 Å². The van der Waals surface area contributed by atoms with E-state index >= 15 is 0 Å². The minimum Gasteiger partial charge on any atom is -0.462 e. The molecule has 5 aliphatic carbocycles. The molecule has 0 saturated heterocycles.